The highest BCUT2D eigenvalue weighted by atomic mass is 16.5. The molecular formula is C14H15N3O3. The molecule has 0 radical (unpaired) electrons. The Labute approximate surface area is 115 Å². The van der Waals surface area contributed by atoms with Crippen molar-refractivity contribution in [2.24, 2.45) is 5.92 Å². The molecule has 1 fully saturated rings. The quantitative estimate of drug-likeness (QED) is 0.877. The van der Waals surface area contributed by atoms with Crippen LogP contribution < -0.4 is 5.32 Å². The molecule has 0 saturated heterocycles. The third kappa shape index (κ3) is 2.55. The van der Waals surface area contributed by atoms with E-state index in [-0.39, 0.29) is 29.7 Å². The van der Waals surface area contributed by atoms with Crippen molar-refractivity contribution in [3.8, 4) is 0 Å². The number of aliphatic hydroxyl groups excluding tert-OH is 1. The number of aliphatic hydroxyl groups is 1. The lowest BCUT2D eigenvalue weighted by molar-refractivity contribution is 0.0227. The van der Waals surface area contributed by atoms with E-state index < -0.39 is 0 Å². The van der Waals surface area contributed by atoms with Gasteiger partial charge in [0, 0.05) is 12.3 Å². The molecule has 0 aromatic carbocycles. The minimum Gasteiger partial charge on any atom is -0.393 e. The molecule has 0 unspecified atom stereocenters. The molecule has 1 saturated carbocycles. The monoisotopic (exact) mass is 273 g/mol. The van der Waals surface area contributed by atoms with E-state index in [9.17, 15) is 9.90 Å². The van der Waals surface area contributed by atoms with Crippen LogP contribution in [0.5, 0.6) is 0 Å². The van der Waals surface area contributed by atoms with Gasteiger partial charge in [-0.15, -0.1) is 0 Å². The summed E-state index contributed by atoms with van der Waals surface area (Å²) in [5.41, 5.74) is 1.03. The molecule has 1 atom stereocenters. The molecule has 0 bridgehead atoms. The van der Waals surface area contributed by atoms with Gasteiger partial charge in [0.2, 0.25) is 0 Å². The van der Waals surface area contributed by atoms with Crippen molar-refractivity contribution in [3.05, 3.63) is 48.1 Å². The number of hydrogen-bond acceptors (Lipinski definition) is 5. The molecule has 2 aromatic rings. The number of aromatic nitrogens is 2. The Morgan fingerprint density at radius 1 is 1.40 bits per heavy atom. The molecule has 104 valence electrons. The largest absolute Gasteiger partial charge is 0.393 e. The number of rotatable bonds is 4. The number of hydrogen-bond donors (Lipinski definition) is 2. The molecule has 3 rings (SSSR count). The SMILES string of the molecule is O=C(N[C@H](c1ccccn1)C1CC(O)C1)c1ccon1. The van der Waals surface area contributed by atoms with Gasteiger partial charge in [0.15, 0.2) is 5.69 Å². The summed E-state index contributed by atoms with van der Waals surface area (Å²) in [6.45, 7) is 0. The van der Waals surface area contributed by atoms with Gasteiger partial charge in [-0.3, -0.25) is 9.78 Å². The predicted molar refractivity (Wildman–Crippen MR) is 69.7 cm³/mol. The zero-order valence-corrected chi connectivity index (χ0v) is 10.8. The number of carbonyl (C=O) groups excluding carboxylic acids is 1. The lowest BCUT2D eigenvalue weighted by Gasteiger charge is -2.37. The molecule has 20 heavy (non-hydrogen) atoms. The lowest BCUT2D eigenvalue weighted by atomic mass is 9.76. The van der Waals surface area contributed by atoms with Crippen molar-refractivity contribution in [3.63, 3.8) is 0 Å². The third-order valence-corrected chi connectivity index (χ3v) is 3.58. The van der Waals surface area contributed by atoms with Gasteiger partial charge in [0.25, 0.3) is 5.91 Å². The van der Waals surface area contributed by atoms with Gasteiger partial charge in [0.05, 0.1) is 17.8 Å². The van der Waals surface area contributed by atoms with Crippen LogP contribution in [-0.4, -0.2) is 27.3 Å². The van der Waals surface area contributed by atoms with Gasteiger partial charge >= 0.3 is 0 Å². The van der Waals surface area contributed by atoms with E-state index in [1.807, 2.05) is 18.2 Å². The van der Waals surface area contributed by atoms with Gasteiger partial charge < -0.3 is 14.9 Å². The molecule has 6 heteroatoms. The first-order chi connectivity index (χ1) is 9.74. The van der Waals surface area contributed by atoms with Crippen LogP contribution in [0.4, 0.5) is 0 Å². The van der Waals surface area contributed by atoms with Crippen LogP contribution in [0.15, 0.2) is 41.2 Å². The maximum absolute atomic E-state index is 12.1. The Kier molecular flexibility index (Phi) is 3.47. The first-order valence-electron chi connectivity index (χ1n) is 6.54. The van der Waals surface area contributed by atoms with Crippen LogP contribution >= 0.6 is 0 Å². The van der Waals surface area contributed by atoms with Crippen LogP contribution in [0.3, 0.4) is 0 Å². The highest BCUT2D eigenvalue weighted by molar-refractivity contribution is 5.92. The second kappa shape index (κ2) is 5.42. The molecule has 0 aliphatic heterocycles. The Balaban J connectivity index is 1.78. The Morgan fingerprint density at radius 3 is 2.85 bits per heavy atom. The average Bonchev–Trinajstić information content (AvgIpc) is 2.97. The highest BCUT2D eigenvalue weighted by Gasteiger charge is 2.36. The fourth-order valence-corrected chi connectivity index (χ4v) is 2.44. The summed E-state index contributed by atoms with van der Waals surface area (Å²) in [7, 11) is 0. The van der Waals surface area contributed by atoms with E-state index in [1.165, 1.54) is 12.3 Å². The van der Waals surface area contributed by atoms with E-state index in [1.54, 1.807) is 6.20 Å². The van der Waals surface area contributed by atoms with E-state index in [0.29, 0.717) is 12.8 Å². The van der Waals surface area contributed by atoms with Crippen LogP contribution in [0.25, 0.3) is 0 Å². The summed E-state index contributed by atoms with van der Waals surface area (Å²) >= 11 is 0. The summed E-state index contributed by atoms with van der Waals surface area (Å²) < 4.78 is 4.67. The zero-order chi connectivity index (χ0) is 13.9. The van der Waals surface area contributed by atoms with Crippen molar-refractivity contribution in [2.75, 3.05) is 0 Å². The number of pyridine rings is 1. The van der Waals surface area contributed by atoms with Gasteiger partial charge in [-0.05, 0) is 30.9 Å². The minimum absolute atomic E-state index is 0.191. The summed E-state index contributed by atoms with van der Waals surface area (Å²) in [5, 5.41) is 16.0. The van der Waals surface area contributed by atoms with Crippen molar-refractivity contribution in [2.45, 2.75) is 25.0 Å². The summed E-state index contributed by atoms with van der Waals surface area (Å²) in [4.78, 5) is 16.4. The van der Waals surface area contributed by atoms with Gasteiger partial charge in [-0.1, -0.05) is 11.2 Å². The van der Waals surface area contributed by atoms with Crippen LogP contribution in [-0.2, 0) is 0 Å². The Morgan fingerprint density at radius 2 is 2.25 bits per heavy atom. The molecule has 1 aliphatic rings. The normalized spacial score (nSPS) is 22.9. The lowest BCUT2D eigenvalue weighted by Crippen LogP contribution is -2.41. The second-order valence-electron chi connectivity index (χ2n) is 4.98. The van der Waals surface area contributed by atoms with E-state index >= 15 is 0 Å². The van der Waals surface area contributed by atoms with Crippen LogP contribution in [0.2, 0.25) is 0 Å². The standard InChI is InChI=1S/C14H15N3O3/c18-10-7-9(8-10)13(11-3-1-2-5-15-11)16-14(19)12-4-6-20-17-12/h1-6,9-10,13,18H,7-8H2,(H,16,19)/t9?,10?,13-/m0/s1. The zero-order valence-electron chi connectivity index (χ0n) is 10.8. The summed E-state index contributed by atoms with van der Waals surface area (Å²) in [5.74, 6) is -0.105. The number of nitrogens with one attached hydrogen (secondary N) is 1. The first kappa shape index (κ1) is 12.8. The summed E-state index contributed by atoms with van der Waals surface area (Å²) in [6, 6.07) is 6.88. The maximum atomic E-state index is 12.1. The molecule has 1 amide bonds. The first-order valence-corrected chi connectivity index (χ1v) is 6.54. The number of carbonyl (C=O) groups is 1. The Bertz CT molecular complexity index is 565. The van der Waals surface area contributed by atoms with E-state index in [2.05, 4.69) is 20.0 Å². The topological polar surface area (TPSA) is 88.2 Å². The molecule has 2 N–H and O–H groups in total. The average molecular weight is 273 g/mol. The third-order valence-electron chi connectivity index (χ3n) is 3.58. The molecular weight excluding hydrogens is 258 g/mol. The number of nitrogens with zero attached hydrogens (tertiary/aromatic N) is 2. The predicted octanol–water partition coefficient (Wildman–Crippen LogP) is 1.31. The van der Waals surface area contributed by atoms with Crippen molar-refractivity contribution in [1.29, 1.82) is 0 Å². The van der Waals surface area contributed by atoms with Crippen molar-refractivity contribution in [1.82, 2.24) is 15.5 Å². The van der Waals surface area contributed by atoms with Gasteiger partial charge in [-0.25, -0.2) is 0 Å². The minimum atomic E-state index is -0.296. The summed E-state index contributed by atoms with van der Waals surface area (Å²) in [6.07, 6.45) is 4.10. The van der Waals surface area contributed by atoms with Crippen molar-refractivity contribution >= 4 is 5.91 Å². The molecule has 2 heterocycles. The fraction of sp³-hybridized carbons (Fsp3) is 0.357. The van der Waals surface area contributed by atoms with Crippen LogP contribution in [0.1, 0.15) is 35.1 Å². The van der Waals surface area contributed by atoms with Gasteiger partial charge in [0.1, 0.15) is 6.26 Å². The van der Waals surface area contributed by atoms with E-state index in [4.69, 9.17) is 0 Å². The van der Waals surface area contributed by atoms with E-state index in [0.717, 1.165) is 5.69 Å². The fourth-order valence-electron chi connectivity index (χ4n) is 2.44. The molecule has 1 aliphatic carbocycles. The smallest absolute Gasteiger partial charge is 0.274 e. The number of amides is 1. The molecule has 0 spiro atoms. The maximum Gasteiger partial charge on any atom is 0.274 e. The highest BCUT2D eigenvalue weighted by Crippen LogP contribution is 2.37. The molecule has 2 aromatic heterocycles. The second-order valence-corrected chi connectivity index (χ2v) is 4.98. The molecule has 6 nitrogen and oxygen atoms in total. The van der Waals surface area contributed by atoms with Crippen LogP contribution in [0, 0.1) is 5.92 Å². The van der Waals surface area contributed by atoms with Crippen molar-refractivity contribution < 1.29 is 14.4 Å². The van der Waals surface area contributed by atoms with Gasteiger partial charge in [-0.2, -0.15) is 0 Å². The Hall–Kier alpha value is -2.21.